The number of carbonyl (C=O) groups excluding carboxylic acids is 4. The number of aromatic amines is 2. The molecular weight excluding hydrogens is 789 g/mol. The van der Waals surface area contributed by atoms with Crippen LogP contribution < -0.4 is 10.6 Å². The van der Waals surface area contributed by atoms with Crippen LogP contribution in [0.15, 0.2) is 110 Å². The molecule has 4 atom stereocenters. The van der Waals surface area contributed by atoms with Crippen LogP contribution in [0.3, 0.4) is 0 Å². The lowest BCUT2D eigenvalue weighted by Crippen LogP contribution is -2.49. The number of benzene rings is 2. The maximum atomic E-state index is 13.9. The largest absolute Gasteiger partial charge is 0.453 e. The van der Waals surface area contributed by atoms with Crippen LogP contribution in [0.4, 0.5) is 9.59 Å². The summed E-state index contributed by atoms with van der Waals surface area (Å²) in [7, 11) is 2.73. The third kappa shape index (κ3) is 9.33. The van der Waals surface area contributed by atoms with Crippen LogP contribution in [0.25, 0.3) is 33.6 Å². The number of amides is 4. The maximum absolute atomic E-state index is 13.9. The van der Waals surface area contributed by atoms with Gasteiger partial charge >= 0.3 is 12.2 Å². The van der Waals surface area contributed by atoms with Crippen LogP contribution in [0.5, 0.6) is 0 Å². The number of methoxy groups -OCH3 is 1. The Morgan fingerprint density at radius 1 is 0.661 bits per heavy atom. The third-order valence-corrected chi connectivity index (χ3v) is 11.4. The van der Waals surface area contributed by atoms with Gasteiger partial charge in [-0.1, -0.05) is 60.7 Å². The molecular formula is C46H48N10O6. The van der Waals surface area contributed by atoms with Gasteiger partial charge in [0.25, 0.3) is 5.91 Å². The van der Waals surface area contributed by atoms with E-state index in [2.05, 4.69) is 54.8 Å². The van der Waals surface area contributed by atoms with E-state index in [-0.39, 0.29) is 36.7 Å². The van der Waals surface area contributed by atoms with E-state index in [1.54, 1.807) is 52.8 Å². The van der Waals surface area contributed by atoms with E-state index >= 15 is 0 Å². The van der Waals surface area contributed by atoms with E-state index in [0.717, 1.165) is 59.3 Å². The minimum Gasteiger partial charge on any atom is -0.453 e. The molecule has 2 aromatic carbocycles. The van der Waals surface area contributed by atoms with E-state index in [1.807, 2.05) is 42.5 Å². The molecule has 6 heterocycles. The van der Waals surface area contributed by atoms with Crippen molar-refractivity contribution in [1.82, 2.24) is 50.3 Å². The molecule has 2 fully saturated rings. The molecule has 2 aliphatic rings. The highest BCUT2D eigenvalue weighted by molar-refractivity contribution is 5.87. The first-order valence-electron chi connectivity index (χ1n) is 20.7. The lowest BCUT2D eigenvalue weighted by molar-refractivity contribution is -0.141. The Balaban J connectivity index is 0.913. The standard InChI is InChI=1S/C46H48N10O6/c1-47-45(59)62-40(26-34-10-4-6-22-49-34)44(58)56-24-8-12-39(56)42-51-28-37(53-42)32-19-15-30(16-20-32)29-13-17-31(18-14-29)36-27-50-41(52-36)38-11-7-23-55(38)43(57)35(54-46(60)61-2)25-33-9-3-5-21-48-33/h3-6,9-10,13-22,27-28,35,38-40H,7-8,11-12,23-26H2,1-2H3,(H,47,59)(H,50,52)(H,51,53)(H,54,60)/t35-,38-,39-,40-/m0/s1. The van der Waals surface area contributed by atoms with Gasteiger partial charge in [-0.3, -0.25) is 19.6 Å². The SMILES string of the molecule is CNC(=O)O[C@@H](Cc1ccccn1)C(=O)N1CCC[C@H]1c1ncc(-c2ccc(-c3ccc(-c4cnc([C@@H]5CCCN5C(=O)[C@H](Cc5ccccn5)NC(=O)OC)[nH]4)cc3)cc2)[nH]1. The molecule has 4 N–H and O–H groups in total. The Morgan fingerprint density at radius 2 is 1.16 bits per heavy atom. The summed E-state index contributed by atoms with van der Waals surface area (Å²) in [6.07, 6.45) is 7.97. The summed E-state index contributed by atoms with van der Waals surface area (Å²) in [6.45, 7) is 1.07. The summed E-state index contributed by atoms with van der Waals surface area (Å²) in [5.74, 6) is 0.868. The number of hydrogen-bond acceptors (Lipinski definition) is 10. The molecule has 2 aliphatic heterocycles. The molecule has 0 bridgehead atoms. The van der Waals surface area contributed by atoms with Crippen molar-refractivity contribution in [2.45, 2.75) is 62.8 Å². The summed E-state index contributed by atoms with van der Waals surface area (Å²) in [5, 5.41) is 5.15. The second kappa shape index (κ2) is 18.9. The molecule has 62 heavy (non-hydrogen) atoms. The Morgan fingerprint density at radius 3 is 1.65 bits per heavy atom. The predicted molar refractivity (Wildman–Crippen MR) is 229 cm³/mol. The van der Waals surface area contributed by atoms with Crippen LogP contribution in [0.2, 0.25) is 0 Å². The normalized spacial score (nSPS) is 17.0. The minimum atomic E-state index is -1.03. The monoisotopic (exact) mass is 836 g/mol. The number of pyridine rings is 2. The number of hydrogen-bond donors (Lipinski definition) is 4. The minimum absolute atomic E-state index is 0.163. The van der Waals surface area contributed by atoms with Gasteiger partial charge in [-0.15, -0.1) is 0 Å². The number of H-pyrrole nitrogens is 2. The van der Waals surface area contributed by atoms with Gasteiger partial charge in [0.15, 0.2) is 6.10 Å². The average Bonchev–Trinajstić information content (AvgIpc) is 4.16. The molecule has 0 aliphatic carbocycles. The van der Waals surface area contributed by atoms with Crippen molar-refractivity contribution >= 4 is 24.0 Å². The highest BCUT2D eigenvalue weighted by Crippen LogP contribution is 2.35. The number of nitrogens with one attached hydrogen (secondary N) is 4. The summed E-state index contributed by atoms with van der Waals surface area (Å²) in [6, 6.07) is 25.9. The molecule has 318 valence electrons. The maximum Gasteiger partial charge on any atom is 0.407 e. The summed E-state index contributed by atoms with van der Waals surface area (Å²) >= 11 is 0. The number of aromatic nitrogens is 6. The molecule has 4 amide bonds. The predicted octanol–water partition coefficient (Wildman–Crippen LogP) is 6.19. The van der Waals surface area contributed by atoms with Crippen molar-refractivity contribution in [2.75, 3.05) is 27.2 Å². The average molecular weight is 837 g/mol. The van der Waals surface area contributed by atoms with Crippen molar-refractivity contribution in [3.05, 3.63) is 133 Å². The fourth-order valence-electron chi connectivity index (χ4n) is 8.21. The van der Waals surface area contributed by atoms with Crippen LogP contribution in [-0.2, 0) is 31.9 Å². The smallest absolute Gasteiger partial charge is 0.407 e. The van der Waals surface area contributed by atoms with Crippen molar-refractivity contribution in [3.8, 4) is 33.6 Å². The van der Waals surface area contributed by atoms with E-state index in [9.17, 15) is 19.2 Å². The Labute approximate surface area is 358 Å². The number of nitrogens with zero attached hydrogens (tertiary/aromatic N) is 6. The topological polar surface area (TPSA) is 200 Å². The Hall–Kier alpha value is -7.36. The van der Waals surface area contributed by atoms with E-state index in [0.29, 0.717) is 36.1 Å². The molecule has 16 heteroatoms. The van der Waals surface area contributed by atoms with Gasteiger partial charge < -0.3 is 39.9 Å². The van der Waals surface area contributed by atoms with Crippen LogP contribution >= 0.6 is 0 Å². The van der Waals surface area contributed by atoms with Gasteiger partial charge in [0.1, 0.15) is 17.7 Å². The van der Waals surface area contributed by atoms with Crippen molar-refractivity contribution in [1.29, 1.82) is 0 Å². The number of ether oxygens (including phenoxy) is 2. The summed E-state index contributed by atoms with van der Waals surface area (Å²) < 4.78 is 10.4. The fourth-order valence-corrected chi connectivity index (χ4v) is 8.21. The van der Waals surface area contributed by atoms with Gasteiger partial charge in [-0.05, 0) is 72.2 Å². The molecule has 0 saturated carbocycles. The first-order chi connectivity index (χ1) is 30.3. The number of carbonyl (C=O) groups is 4. The Kier molecular flexibility index (Phi) is 12.6. The van der Waals surface area contributed by atoms with Crippen LogP contribution in [0.1, 0.15) is 60.8 Å². The Bertz CT molecular complexity index is 2300. The fraction of sp³-hybridized carbons (Fsp3) is 0.304. The zero-order valence-electron chi connectivity index (χ0n) is 34.5. The number of imidazole rings is 2. The number of likely N-dealkylation sites (tertiary alicyclic amines) is 2. The van der Waals surface area contributed by atoms with Gasteiger partial charge in [-0.2, -0.15) is 0 Å². The van der Waals surface area contributed by atoms with Crippen LogP contribution in [-0.4, -0.2) is 103 Å². The number of rotatable bonds is 13. The first kappa shape index (κ1) is 41.4. The van der Waals surface area contributed by atoms with Gasteiger partial charge in [0, 0.05) is 56.8 Å². The van der Waals surface area contributed by atoms with Crippen molar-refractivity contribution in [2.24, 2.45) is 0 Å². The third-order valence-electron chi connectivity index (χ3n) is 11.4. The van der Waals surface area contributed by atoms with Gasteiger partial charge in [0.05, 0.1) is 43.0 Å². The second-order valence-corrected chi connectivity index (χ2v) is 15.3. The molecule has 4 aromatic heterocycles. The van der Waals surface area contributed by atoms with Crippen LogP contribution in [0, 0.1) is 0 Å². The van der Waals surface area contributed by atoms with Gasteiger partial charge in [-0.25, -0.2) is 19.6 Å². The quantitative estimate of drug-likeness (QED) is 0.104. The lowest BCUT2D eigenvalue weighted by Gasteiger charge is -2.28. The zero-order chi connectivity index (χ0) is 43.0. The summed E-state index contributed by atoms with van der Waals surface area (Å²) in [4.78, 5) is 80.6. The molecule has 16 nitrogen and oxygen atoms in total. The molecule has 2 saturated heterocycles. The molecule has 0 radical (unpaired) electrons. The highest BCUT2D eigenvalue weighted by Gasteiger charge is 2.38. The molecule has 8 rings (SSSR count). The molecule has 6 aromatic rings. The highest BCUT2D eigenvalue weighted by atomic mass is 16.6. The molecule has 0 unspecified atom stereocenters. The van der Waals surface area contributed by atoms with Gasteiger partial charge in [0.2, 0.25) is 5.91 Å². The summed E-state index contributed by atoms with van der Waals surface area (Å²) in [5.41, 5.74) is 6.97. The molecule has 0 spiro atoms. The second-order valence-electron chi connectivity index (χ2n) is 15.3. The lowest BCUT2D eigenvalue weighted by atomic mass is 10.0. The van der Waals surface area contributed by atoms with Crippen molar-refractivity contribution in [3.63, 3.8) is 0 Å². The zero-order valence-corrected chi connectivity index (χ0v) is 34.5. The van der Waals surface area contributed by atoms with E-state index in [1.165, 1.54) is 14.2 Å². The number of alkyl carbamates (subject to hydrolysis) is 2. The first-order valence-corrected chi connectivity index (χ1v) is 20.7. The van der Waals surface area contributed by atoms with E-state index in [4.69, 9.17) is 19.4 Å². The van der Waals surface area contributed by atoms with E-state index < -0.39 is 24.3 Å². The van der Waals surface area contributed by atoms with Crippen molar-refractivity contribution < 1.29 is 28.7 Å².